The predicted molar refractivity (Wildman–Crippen MR) is 63.1 cm³/mol. The van der Waals surface area contributed by atoms with E-state index in [-0.39, 0.29) is 11.9 Å². The molecule has 2 aliphatic rings. The highest BCUT2D eigenvalue weighted by Crippen LogP contribution is 2.28. The molecule has 2 rings (SSSR count). The molecule has 1 heterocycles. The maximum Gasteiger partial charge on any atom is 0.310 e. The number of hydrogen-bond donors (Lipinski definition) is 0. The smallest absolute Gasteiger partial charge is 0.310 e. The van der Waals surface area contributed by atoms with Gasteiger partial charge in [0.05, 0.1) is 12.5 Å². The molecule has 1 saturated heterocycles. The Morgan fingerprint density at radius 1 is 1.31 bits per heavy atom. The van der Waals surface area contributed by atoms with Crippen molar-refractivity contribution in [3.8, 4) is 0 Å². The monoisotopic (exact) mass is 225 g/mol. The Labute approximate surface area is 98.1 Å². The van der Waals surface area contributed by atoms with Gasteiger partial charge in [-0.1, -0.05) is 6.42 Å². The van der Waals surface area contributed by atoms with Gasteiger partial charge >= 0.3 is 5.97 Å². The molecule has 92 valence electrons. The lowest BCUT2D eigenvalue weighted by atomic mass is 9.84. The van der Waals surface area contributed by atoms with Gasteiger partial charge in [0.1, 0.15) is 0 Å². The van der Waals surface area contributed by atoms with Crippen molar-refractivity contribution in [2.75, 3.05) is 26.2 Å². The third-order valence-corrected chi connectivity index (χ3v) is 3.87. The summed E-state index contributed by atoms with van der Waals surface area (Å²) < 4.78 is 5.11. The third kappa shape index (κ3) is 2.97. The molecule has 1 unspecified atom stereocenters. The molecule has 0 spiro atoms. The standard InChI is InChI=1S/C13H23NO2/c1-2-16-13(15)12-7-4-8-14(10-12)9-11-5-3-6-11/h11-12H,2-10H2,1H3. The molecule has 1 saturated carbocycles. The summed E-state index contributed by atoms with van der Waals surface area (Å²) in [4.78, 5) is 14.1. The lowest BCUT2D eigenvalue weighted by Crippen LogP contribution is -2.42. The summed E-state index contributed by atoms with van der Waals surface area (Å²) in [6.07, 6.45) is 6.34. The largest absolute Gasteiger partial charge is 0.466 e. The molecule has 1 atom stereocenters. The van der Waals surface area contributed by atoms with Crippen LogP contribution in [0.5, 0.6) is 0 Å². The Morgan fingerprint density at radius 3 is 2.75 bits per heavy atom. The summed E-state index contributed by atoms with van der Waals surface area (Å²) in [5.74, 6) is 1.05. The number of ether oxygens (including phenoxy) is 1. The van der Waals surface area contributed by atoms with Gasteiger partial charge < -0.3 is 9.64 Å². The number of esters is 1. The molecule has 1 aliphatic heterocycles. The third-order valence-electron chi connectivity index (χ3n) is 3.87. The maximum absolute atomic E-state index is 11.7. The van der Waals surface area contributed by atoms with E-state index >= 15 is 0 Å². The van der Waals surface area contributed by atoms with Crippen LogP contribution in [-0.4, -0.2) is 37.1 Å². The summed E-state index contributed by atoms with van der Waals surface area (Å²) >= 11 is 0. The van der Waals surface area contributed by atoms with Gasteiger partial charge in [-0.2, -0.15) is 0 Å². The normalized spacial score (nSPS) is 27.4. The fraction of sp³-hybridized carbons (Fsp3) is 0.923. The van der Waals surface area contributed by atoms with Gasteiger partial charge in [0.2, 0.25) is 0 Å². The van der Waals surface area contributed by atoms with Crippen LogP contribution in [0.4, 0.5) is 0 Å². The van der Waals surface area contributed by atoms with E-state index < -0.39 is 0 Å². The number of carbonyl (C=O) groups excluding carboxylic acids is 1. The van der Waals surface area contributed by atoms with Crippen molar-refractivity contribution in [3.63, 3.8) is 0 Å². The molecule has 0 N–H and O–H groups in total. The van der Waals surface area contributed by atoms with E-state index in [2.05, 4.69) is 4.90 Å². The van der Waals surface area contributed by atoms with Crippen molar-refractivity contribution in [2.45, 2.75) is 39.0 Å². The minimum absolute atomic E-state index is 0.0146. The summed E-state index contributed by atoms with van der Waals surface area (Å²) in [5.41, 5.74) is 0. The molecule has 3 nitrogen and oxygen atoms in total. The van der Waals surface area contributed by atoms with E-state index in [4.69, 9.17) is 4.74 Å². The Hall–Kier alpha value is -0.570. The highest BCUT2D eigenvalue weighted by molar-refractivity contribution is 5.72. The summed E-state index contributed by atoms with van der Waals surface area (Å²) in [6, 6.07) is 0. The quantitative estimate of drug-likeness (QED) is 0.686. The van der Waals surface area contributed by atoms with Crippen LogP contribution in [0, 0.1) is 11.8 Å². The zero-order chi connectivity index (χ0) is 11.4. The lowest BCUT2D eigenvalue weighted by Gasteiger charge is -2.36. The molecule has 0 bridgehead atoms. The second kappa shape index (κ2) is 5.67. The highest BCUT2D eigenvalue weighted by Gasteiger charge is 2.29. The molecule has 2 fully saturated rings. The van der Waals surface area contributed by atoms with E-state index in [1.165, 1.54) is 32.4 Å². The second-order valence-electron chi connectivity index (χ2n) is 5.15. The first kappa shape index (κ1) is 11.9. The zero-order valence-corrected chi connectivity index (χ0v) is 10.3. The second-order valence-corrected chi connectivity index (χ2v) is 5.15. The fourth-order valence-electron chi connectivity index (χ4n) is 2.71. The molecule has 0 aromatic heterocycles. The Kier molecular flexibility index (Phi) is 4.22. The van der Waals surface area contributed by atoms with Crippen molar-refractivity contribution >= 4 is 5.97 Å². The molecule has 0 aromatic carbocycles. The first-order valence-electron chi connectivity index (χ1n) is 6.68. The number of piperidine rings is 1. The minimum atomic E-state index is 0.0146. The lowest BCUT2D eigenvalue weighted by molar-refractivity contribution is -0.150. The van der Waals surface area contributed by atoms with Crippen molar-refractivity contribution in [1.82, 2.24) is 4.90 Å². The number of rotatable bonds is 4. The van der Waals surface area contributed by atoms with E-state index in [1.54, 1.807) is 0 Å². The van der Waals surface area contributed by atoms with Crippen LogP contribution in [0.2, 0.25) is 0 Å². The average molecular weight is 225 g/mol. The minimum Gasteiger partial charge on any atom is -0.466 e. The van der Waals surface area contributed by atoms with Crippen molar-refractivity contribution in [2.24, 2.45) is 11.8 Å². The highest BCUT2D eigenvalue weighted by atomic mass is 16.5. The van der Waals surface area contributed by atoms with Gasteiger partial charge in [-0.25, -0.2) is 0 Å². The molecular formula is C13H23NO2. The van der Waals surface area contributed by atoms with E-state index in [1.807, 2.05) is 6.92 Å². The number of likely N-dealkylation sites (tertiary alicyclic amines) is 1. The van der Waals surface area contributed by atoms with Gasteiger partial charge in [-0.05, 0) is 45.1 Å². The molecular weight excluding hydrogens is 202 g/mol. The Bertz CT molecular complexity index is 238. The average Bonchev–Trinajstić information content (AvgIpc) is 2.24. The first-order chi connectivity index (χ1) is 7.79. The fourth-order valence-corrected chi connectivity index (χ4v) is 2.71. The van der Waals surface area contributed by atoms with Gasteiger partial charge in [0.15, 0.2) is 0 Å². The molecule has 0 aromatic rings. The summed E-state index contributed by atoms with van der Waals surface area (Å²) in [7, 11) is 0. The Morgan fingerprint density at radius 2 is 2.12 bits per heavy atom. The molecule has 3 heteroatoms. The van der Waals surface area contributed by atoms with Crippen molar-refractivity contribution in [1.29, 1.82) is 0 Å². The maximum atomic E-state index is 11.7. The van der Waals surface area contributed by atoms with Crippen LogP contribution in [0.3, 0.4) is 0 Å². The topological polar surface area (TPSA) is 29.5 Å². The van der Waals surface area contributed by atoms with Crippen LogP contribution in [-0.2, 0) is 9.53 Å². The molecule has 1 aliphatic carbocycles. The van der Waals surface area contributed by atoms with Gasteiger partial charge in [0, 0.05) is 13.1 Å². The molecule has 0 amide bonds. The number of carbonyl (C=O) groups is 1. The predicted octanol–water partition coefficient (Wildman–Crippen LogP) is 2.06. The van der Waals surface area contributed by atoms with E-state index in [0.717, 1.165) is 25.3 Å². The first-order valence-corrected chi connectivity index (χ1v) is 6.68. The summed E-state index contributed by atoms with van der Waals surface area (Å²) in [6.45, 7) is 5.70. The van der Waals surface area contributed by atoms with Crippen LogP contribution >= 0.6 is 0 Å². The Balaban J connectivity index is 1.76. The van der Waals surface area contributed by atoms with E-state index in [9.17, 15) is 4.79 Å². The number of nitrogens with zero attached hydrogens (tertiary/aromatic N) is 1. The SMILES string of the molecule is CCOC(=O)C1CCCN(CC2CCC2)C1. The van der Waals surface area contributed by atoms with Crippen molar-refractivity contribution < 1.29 is 9.53 Å². The van der Waals surface area contributed by atoms with Crippen LogP contribution < -0.4 is 0 Å². The van der Waals surface area contributed by atoms with Gasteiger partial charge in [0.25, 0.3) is 0 Å². The van der Waals surface area contributed by atoms with Crippen molar-refractivity contribution in [3.05, 3.63) is 0 Å². The van der Waals surface area contributed by atoms with Gasteiger partial charge in [-0.15, -0.1) is 0 Å². The van der Waals surface area contributed by atoms with Gasteiger partial charge in [-0.3, -0.25) is 4.79 Å². The van der Waals surface area contributed by atoms with Crippen LogP contribution in [0.1, 0.15) is 39.0 Å². The molecule has 0 radical (unpaired) electrons. The zero-order valence-electron chi connectivity index (χ0n) is 10.3. The number of hydrogen-bond acceptors (Lipinski definition) is 3. The van der Waals surface area contributed by atoms with Crippen LogP contribution in [0.15, 0.2) is 0 Å². The van der Waals surface area contributed by atoms with E-state index in [0.29, 0.717) is 6.61 Å². The summed E-state index contributed by atoms with van der Waals surface area (Å²) in [5, 5.41) is 0. The van der Waals surface area contributed by atoms with Crippen LogP contribution in [0.25, 0.3) is 0 Å². The molecule has 16 heavy (non-hydrogen) atoms.